The van der Waals surface area contributed by atoms with Crippen molar-refractivity contribution in [3.63, 3.8) is 0 Å². The summed E-state index contributed by atoms with van der Waals surface area (Å²) in [6.07, 6.45) is 2.23. The first-order valence-electron chi connectivity index (χ1n) is 8.70. The van der Waals surface area contributed by atoms with Gasteiger partial charge >= 0.3 is 12.8 Å². The van der Waals surface area contributed by atoms with Crippen LogP contribution in [0.15, 0.2) is 49.2 Å². The molecule has 1 N–H and O–H groups in total. The lowest BCUT2D eigenvalue weighted by Gasteiger charge is -2.17. The second kappa shape index (κ2) is 8.98. The van der Waals surface area contributed by atoms with Gasteiger partial charge in [-0.2, -0.15) is 22.0 Å². The van der Waals surface area contributed by atoms with E-state index in [2.05, 4.69) is 30.0 Å². The van der Waals surface area contributed by atoms with E-state index in [9.17, 15) is 26.7 Å². The Morgan fingerprint density at radius 2 is 1.74 bits per heavy atom. The van der Waals surface area contributed by atoms with Gasteiger partial charge in [-0.3, -0.25) is 24.7 Å². The highest BCUT2D eigenvalue weighted by Gasteiger charge is 2.32. The highest BCUT2D eigenvalue weighted by atomic mass is 19.4. The Morgan fingerprint density at radius 1 is 1.03 bits per heavy atom. The molecule has 2 aromatic heterocycles. The van der Waals surface area contributed by atoms with Gasteiger partial charge < -0.3 is 10.1 Å². The number of aromatic nitrogens is 4. The molecule has 31 heavy (non-hydrogen) atoms. The van der Waals surface area contributed by atoms with Crippen molar-refractivity contribution in [1.29, 1.82) is 0 Å². The van der Waals surface area contributed by atoms with Crippen LogP contribution in [-0.2, 0) is 6.18 Å². The number of nitrogens with zero attached hydrogens (tertiary/aromatic N) is 4. The minimum atomic E-state index is -4.87. The van der Waals surface area contributed by atoms with Crippen molar-refractivity contribution < 1.29 is 31.5 Å². The molecule has 12 heteroatoms. The number of hydrogen-bond acceptors (Lipinski definition) is 6. The number of benzene rings is 1. The summed E-state index contributed by atoms with van der Waals surface area (Å²) < 4.78 is 68.4. The molecule has 0 fully saturated rings. The molecule has 3 aromatic rings. The predicted molar refractivity (Wildman–Crippen MR) is 97.0 cm³/mol. The van der Waals surface area contributed by atoms with Crippen molar-refractivity contribution in [3.8, 4) is 17.1 Å². The highest BCUT2D eigenvalue weighted by Crippen LogP contribution is 2.33. The Balaban J connectivity index is 1.90. The van der Waals surface area contributed by atoms with Crippen molar-refractivity contribution >= 4 is 5.91 Å². The number of ether oxygens (including phenoxy) is 1. The molecule has 0 aliphatic carbocycles. The van der Waals surface area contributed by atoms with E-state index in [4.69, 9.17) is 0 Å². The number of carbonyl (C=O) groups is 1. The lowest BCUT2D eigenvalue weighted by atomic mass is 10.1. The summed E-state index contributed by atoms with van der Waals surface area (Å²) in [6, 6.07) is 0.915. The van der Waals surface area contributed by atoms with Crippen LogP contribution < -0.4 is 10.1 Å². The van der Waals surface area contributed by atoms with E-state index in [0.29, 0.717) is 23.5 Å². The summed E-state index contributed by atoms with van der Waals surface area (Å²) >= 11 is 0. The first-order valence-corrected chi connectivity index (χ1v) is 8.70. The summed E-state index contributed by atoms with van der Waals surface area (Å²) in [5.41, 5.74) is -0.842. The van der Waals surface area contributed by atoms with E-state index in [0.717, 1.165) is 6.07 Å². The van der Waals surface area contributed by atoms with E-state index in [-0.39, 0.29) is 5.69 Å². The highest BCUT2D eigenvalue weighted by molar-refractivity contribution is 5.95. The SMILES string of the molecule is CC(NC(=O)c1cc(OC(F)F)cc(C(F)(F)F)c1)c1nccnc1-c1cnccn1. The maximum absolute atomic E-state index is 13.1. The number of alkyl halides is 5. The smallest absolute Gasteiger partial charge is 0.416 e. The topological polar surface area (TPSA) is 89.9 Å². The molecule has 0 saturated heterocycles. The van der Waals surface area contributed by atoms with Gasteiger partial charge in [0.1, 0.15) is 17.1 Å². The summed E-state index contributed by atoms with van der Waals surface area (Å²) in [5.74, 6) is -1.74. The Hall–Kier alpha value is -3.70. The Labute approximate surface area is 172 Å². The van der Waals surface area contributed by atoms with E-state index >= 15 is 0 Å². The molecule has 7 nitrogen and oxygen atoms in total. The van der Waals surface area contributed by atoms with Crippen LogP contribution in [0.3, 0.4) is 0 Å². The molecule has 2 heterocycles. The quantitative estimate of drug-likeness (QED) is 0.583. The molecule has 0 bridgehead atoms. The molecule has 1 unspecified atom stereocenters. The molecular weight excluding hydrogens is 425 g/mol. The monoisotopic (exact) mass is 439 g/mol. The molecule has 0 aliphatic rings. The minimum absolute atomic E-state index is 0.285. The van der Waals surface area contributed by atoms with Crippen LogP contribution in [0.5, 0.6) is 5.75 Å². The van der Waals surface area contributed by atoms with Crippen LogP contribution in [0, 0.1) is 0 Å². The van der Waals surface area contributed by atoms with Crippen LogP contribution in [0.2, 0.25) is 0 Å². The van der Waals surface area contributed by atoms with Gasteiger partial charge in [0, 0.05) is 30.4 Å². The molecule has 3 rings (SSSR count). The van der Waals surface area contributed by atoms with Crippen LogP contribution in [-0.4, -0.2) is 32.5 Å². The predicted octanol–water partition coefficient (Wildman–Crippen LogP) is 4.04. The van der Waals surface area contributed by atoms with Crippen molar-refractivity contribution in [2.45, 2.75) is 25.8 Å². The van der Waals surface area contributed by atoms with Crippen LogP contribution in [0.1, 0.15) is 34.6 Å². The van der Waals surface area contributed by atoms with E-state index < -0.39 is 41.6 Å². The number of carbonyl (C=O) groups excluding carboxylic acids is 1. The first-order chi connectivity index (χ1) is 14.6. The van der Waals surface area contributed by atoms with Crippen molar-refractivity contribution in [1.82, 2.24) is 25.3 Å². The van der Waals surface area contributed by atoms with Crippen LogP contribution in [0.25, 0.3) is 11.4 Å². The summed E-state index contributed by atoms with van der Waals surface area (Å²) in [5, 5.41) is 2.48. The molecule has 1 atom stereocenters. The summed E-state index contributed by atoms with van der Waals surface area (Å²) in [6.45, 7) is -1.82. The standard InChI is InChI=1S/C19H14F5N5O2/c1-10(15-16(28-5-4-27-15)14-9-25-2-3-26-14)29-17(30)11-6-12(19(22,23)24)8-13(7-11)31-18(20)21/h2-10,18H,1H3,(H,29,30). The maximum Gasteiger partial charge on any atom is 0.416 e. The largest absolute Gasteiger partial charge is 0.435 e. The molecule has 0 aliphatic heterocycles. The second-order valence-corrected chi connectivity index (χ2v) is 6.20. The second-order valence-electron chi connectivity index (χ2n) is 6.20. The zero-order valence-electron chi connectivity index (χ0n) is 15.8. The van der Waals surface area contributed by atoms with Crippen LogP contribution in [0.4, 0.5) is 22.0 Å². The fraction of sp³-hybridized carbons (Fsp3) is 0.211. The normalized spacial score (nSPS) is 12.5. The lowest BCUT2D eigenvalue weighted by molar-refractivity contribution is -0.138. The van der Waals surface area contributed by atoms with Gasteiger partial charge in [0.25, 0.3) is 5.91 Å². The maximum atomic E-state index is 13.1. The third kappa shape index (κ3) is 5.47. The number of rotatable bonds is 6. The van der Waals surface area contributed by atoms with Crippen molar-refractivity contribution in [3.05, 3.63) is 66.0 Å². The van der Waals surface area contributed by atoms with Crippen LogP contribution >= 0.6 is 0 Å². The Bertz CT molecular complexity index is 1060. The first kappa shape index (κ1) is 22.0. The average molecular weight is 439 g/mol. The third-order valence-electron chi connectivity index (χ3n) is 4.01. The van der Waals surface area contributed by atoms with Gasteiger partial charge in [-0.05, 0) is 25.1 Å². The molecule has 0 radical (unpaired) electrons. The molecule has 1 aromatic carbocycles. The van der Waals surface area contributed by atoms with Gasteiger partial charge in [-0.15, -0.1) is 0 Å². The molecule has 162 valence electrons. The molecular formula is C19H14F5N5O2. The fourth-order valence-corrected chi connectivity index (χ4v) is 2.70. The zero-order chi connectivity index (χ0) is 22.6. The number of amides is 1. The summed E-state index contributed by atoms with van der Waals surface area (Å²) in [7, 11) is 0. The molecule has 0 spiro atoms. The average Bonchev–Trinajstić information content (AvgIpc) is 2.73. The molecule has 0 saturated carbocycles. The lowest BCUT2D eigenvalue weighted by Crippen LogP contribution is -2.28. The fourth-order valence-electron chi connectivity index (χ4n) is 2.70. The third-order valence-corrected chi connectivity index (χ3v) is 4.01. The summed E-state index contributed by atoms with van der Waals surface area (Å²) in [4.78, 5) is 29.0. The Morgan fingerprint density at radius 3 is 2.39 bits per heavy atom. The number of nitrogens with one attached hydrogen (secondary N) is 1. The van der Waals surface area contributed by atoms with Crippen molar-refractivity contribution in [2.75, 3.05) is 0 Å². The zero-order valence-corrected chi connectivity index (χ0v) is 15.8. The van der Waals surface area contributed by atoms with E-state index in [1.807, 2.05) is 0 Å². The van der Waals surface area contributed by atoms with Crippen molar-refractivity contribution in [2.24, 2.45) is 0 Å². The van der Waals surface area contributed by atoms with E-state index in [1.54, 1.807) is 0 Å². The number of hydrogen-bond donors (Lipinski definition) is 1. The Kier molecular flexibility index (Phi) is 6.37. The van der Waals surface area contributed by atoms with Gasteiger partial charge in [0.15, 0.2) is 0 Å². The number of halogens is 5. The van der Waals surface area contributed by atoms with Gasteiger partial charge in [-0.25, -0.2) is 0 Å². The van der Waals surface area contributed by atoms with Gasteiger partial charge in [0.2, 0.25) is 0 Å². The van der Waals surface area contributed by atoms with Gasteiger partial charge in [-0.1, -0.05) is 0 Å². The van der Waals surface area contributed by atoms with E-state index in [1.165, 1.54) is 37.9 Å². The molecule has 1 amide bonds. The minimum Gasteiger partial charge on any atom is -0.435 e. The van der Waals surface area contributed by atoms with Gasteiger partial charge in [0.05, 0.1) is 23.5 Å².